The molecule has 4 rings (SSSR count). The van der Waals surface area contributed by atoms with Crippen LogP contribution in [0.2, 0.25) is 0 Å². The number of rotatable bonds is 4. The van der Waals surface area contributed by atoms with Gasteiger partial charge in [0.25, 0.3) is 0 Å². The number of aryl methyl sites for hydroxylation is 4. The van der Waals surface area contributed by atoms with Crippen molar-refractivity contribution in [2.24, 2.45) is 0 Å². The van der Waals surface area contributed by atoms with Crippen LogP contribution in [0.5, 0.6) is 0 Å². The van der Waals surface area contributed by atoms with Gasteiger partial charge >= 0.3 is 12.4 Å². The lowest BCUT2D eigenvalue weighted by molar-refractivity contribution is -0.138. The number of alkyl halides is 6. The summed E-state index contributed by atoms with van der Waals surface area (Å²) in [6.07, 6.45) is -11.7. The summed E-state index contributed by atoms with van der Waals surface area (Å²) in [4.78, 5) is 0. The summed E-state index contributed by atoms with van der Waals surface area (Å²) in [5.74, 6) is 0. The van der Waals surface area contributed by atoms with E-state index in [9.17, 15) is 26.3 Å². The molecule has 0 spiro atoms. The van der Waals surface area contributed by atoms with Gasteiger partial charge in [-0.3, -0.25) is 0 Å². The van der Waals surface area contributed by atoms with E-state index in [1.165, 1.54) is 0 Å². The summed E-state index contributed by atoms with van der Waals surface area (Å²) in [5.41, 5.74) is 2.71. The largest absolute Gasteiger partial charge is 0.416 e. The fourth-order valence-corrected chi connectivity index (χ4v) is 5.61. The molecule has 0 amide bonds. The van der Waals surface area contributed by atoms with Crippen LogP contribution >= 0.6 is 0 Å². The Labute approximate surface area is 212 Å². The van der Waals surface area contributed by atoms with Crippen LogP contribution in [-0.4, -0.2) is 6.15 Å². The lowest BCUT2D eigenvalue weighted by Gasteiger charge is -2.45. The van der Waals surface area contributed by atoms with Gasteiger partial charge in [0.2, 0.25) is 0 Å². The fraction of sp³-hybridized carbons (Fsp3) is 0.200. The second-order valence-corrected chi connectivity index (χ2v) is 9.96. The molecule has 0 bridgehead atoms. The molecule has 0 atom stereocenters. The third-order valence-electron chi connectivity index (χ3n) is 6.90. The molecule has 4 aromatic rings. The molecule has 0 aliphatic heterocycles. The topological polar surface area (TPSA) is 0 Å². The first-order valence-electron chi connectivity index (χ1n) is 11.9. The highest BCUT2D eigenvalue weighted by atomic mass is 19.4. The minimum atomic E-state index is -4.62. The van der Waals surface area contributed by atoms with Crippen molar-refractivity contribution in [2.75, 3.05) is 0 Å². The first-order chi connectivity index (χ1) is 17.2. The van der Waals surface area contributed by atoms with Gasteiger partial charge in [-0.25, -0.2) is 0 Å². The monoisotopic (exact) mass is 511 g/mol. The Morgan fingerprint density at radius 1 is 0.432 bits per heavy atom. The summed E-state index contributed by atoms with van der Waals surface area (Å²) >= 11 is 0. The Hall–Kier alpha value is -3.48. The second kappa shape index (κ2) is 9.44. The van der Waals surface area contributed by atoms with E-state index in [2.05, 4.69) is 0 Å². The van der Waals surface area contributed by atoms with Crippen LogP contribution in [0.25, 0.3) is 0 Å². The molecular formula is C30H26BF6-. The van der Waals surface area contributed by atoms with Gasteiger partial charge in [-0.2, -0.15) is 48.2 Å². The SMILES string of the molecule is Cc1cc(C)cc([B-](c2ccccc2)(c2cc(C)cc(C(F)(F)F)c2)c2cc(C)cc(C(F)(F)F)c2)c1. The number of hydrogen-bond acceptors (Lipinski definition) is 0. The predicted molar refractivity (Wildman–Crippen MR) is 139 cm³/mol. The third-order valence-corrected chi connectivity index (χ3v) is 6.90. The normalized spacial score (nSPS) is 12.6. The molecule has 0 aromatic heterocycles. The molecule has 37 heavy (non-hydrogen) atoms. The van der Waals surface area contributed by atoms with Gasteiger partial charge in [-0.15, -0.1) is 0 Å². The molecule has 0 nitrogen and oxygen atoms in total. The van der Waals surface area contributed by atoms with Gasteiger partial charge in [0.05, 0.1) is 11.1 Å². The summed E-state index contributed by atoms with van der Waals surface area (Å²) in [5, 5.41) is 0. The number of benzene rings is 4. The summed E-state index contributed by atoms with van der Waals surface area (Å²) in [6.45, 7) is 6.89. The van der Waals surface area contributed by atoms with E-state index in [0.717, 1.165) is 35.4 Å². The van der Waals surface area contributed by atoms with Crippen LogP contribution in [0, 0.1) is 27.7 Å². The van der Waals surface area contributed by atoms with Crippen molar-refractivity contribution in [2.45, 2.75) is 40.0 Å². The zero-order chi connectivity index (χ0) is 27.2. The molecule has 0 saturated heterocycles. The first-order valence-corrected chi connectivity index (χ1v) is 11.9. The molecule has 0 heterocycles. The maximum atomic E-state index is 14.0. The molecule has 0 unspecified atom stereocenters. The molecule has 0 aliphatic rings. The van der Waals surface area contributed by atoms with Gasteiger partial charge in [0.15, 0.2) is 0 Å². The highest BCUT2D eigenvalue weighted by molar-refractivity contribution is 7.20. The van der Waals surface area contributed by atoms with E-state index < -0.39 is 29.6 Å². The zero-order valence-corrected chi connectivity index (χ0v) is 20.9. The standard InChI is InChI=1S/C30H26BF6/c1-19-10-20(2)14-26(13-19)31(25-8-6-5-7-9-25,27-15-21(3)11-23(17-27)29(32,33)34)28-16-22(4)12-24(18-28)30(35,36)37/h5-18H,1-4H3/q-1. The average molecular weight is 511 g/mol. The minimum absolute atomic E-state index is 0.308. The van der Waals surface area contributed by atoms with E-state index in [1.54, 1.807) is 56.3 Å². The van der Waals surface area contributed by atoms with Crippen LogP contribution in [0.15, 0.2) is 84.9 Å². The minimum Gasteiger partial charge on any atom is -0.195 e. The third kappa shape index (κ3) is 5.18. The zero-order valence-electron chi connectivity index (χ0n) is 20.9. The van der Waals surface area contributed by atoms with Crippen LogP contribution in [0.1, 0.15) is 33.4 Å². The van der Waals surface area contributed by atoms with Crippen molar-refractivity contribution < 1.29 is 26.3 Å². The van der Waals surface area contributed by atoms with Gasteiger partial charge in [-0.1, -0.05) is 95.1 Å². The molecule has 0 fully saturated rings. The van der Waals surface area contributed by atoms with Crippen LogP contribution in [-0.2, 0) is 12.4 Å². The Kier molecular flexibility index (Phi) is 6.78. The van der Waals surface area contributed by atoms with Crippen molar-refractivity contribution in [1.29, 1.82) is 0 Å². The van der Waals surface area contributed by atoms with Crippen molar-refractivity contribution >= 4 is 28.0 Å². The van der Waals surface area contributed by atoms with E-state index in [0.29, 0.717) is 33.0 Å². The van der Waals surface area contributed by atoms with Gasteiger partial charge < -0.3 is 0 Å². The number of halogens is 6. The quantitative estimate of drug-likeness (QED) is 0.222. The van der Waals surface area contributed by atoms with Crippen LogP contribution < -0.4 is 21.9 Å². The lowest BCUT2D eigenvalue weighted by atomic mass is 9.13. The highest BCUT2D eigenvalue weighted by Gasteiger charge is 2.38. The van der Waals surface area contributed by atoms with Crippen molar-refractivity contribution in [1.82, 2.24) is 0 Å². The van der Waals surface area contributed by atoms with Crippen molar-refractivity contribution in [3.63, 3.8) is 0 Å². The van der Waals surface area contributed by atoms with E-state index in [-0.39, 0.29) is 0 Å². The maximum absolute atomic E-state index is 14.0. The molecule has 192 valence electrons. The van der Waals surface area contributed by atoms with E-state index in [4.69, 9.17) is 0 Å². The average Bonchev–Trinajstić information content (AvgIpc) is 2.78. The molecule has 0 saturated carbocycles. The Morgan fingerprint density at radius 3 is 1.16 bits per heavy atom. The molecule has 7 heteroatoms. The van der Waals surface area contributed by atoms with Gasteiger partial charge in [-0.05, 0) is 39.8 Å². The van der Waals surface area contributed by atoms with Gasteiger partial charge in [0, 0.05) is 0 Å². The Bertz CT molecular complexity index is 1350. The fourth-order valence-electron chi connectivity index (χ4n) is 5.61. The smallest absolute Gasteiger partial charge is 0.195 e. The lowest BCUT2D eigenvalue weighted by Crippen LogP contribution is -2.75. The first kappa shape index (κ1) is 26.6. The van der Waals surface area contributed by atoms with E-state index in [1.807, 2.05) is 32.0 Å². The van der Waals surface area contributed by atoms with Crippen LogP contribution in [0.3, 0.4) is 0 Å². The Morgan fingerprint density at radius 2 is 0.784 bits per heavy atom. The molecule has 0 N–H and O–H groups in total. The maximum Gasteiger partial charge on any atom is 0.416 e. The van der Waals surface area contributed by atoms with Gasteiger partial charge in [0.1, 0.15) is 6.15 Å². The highest BCUT2D eigenvalue weighted by Crippen LogP contribution is 2.31. The summed E-state index contributed by atoms with van der Waals surface area (Å²) in [7, 11) is 0. The Balaban J connectivity index is 2.26. The number of hydrogen-bond donors (Lipinski definition) is 0. The molecule has 0 aliphatic carbocycles. The van der Waals surface area contributed by atoms with Crippen LogP contribution in [0.4, 0.5) is 26.3 Å². The molecular weight excluding hydrogens is 485 g/mol. The van der Waals surface area contributed by atoms with E-state index >= 15 is 0 Å². The summed E-state index contributed by atoms with van der Waals surface area (Å²) < 4.78 is 84.1. The second-order valence-electron chi connectivity index (χ2n) is 9.96. The molecule has 0 radical (unpaired) electrons. The van der Waals surface area contributed by atoms with Crippen molar-refractivity contribution in [3.05, 3.63) is 118 Å². The predicted octanol–water partition coefficient (Wildman–Crippen LogP) is 6.34. The molecule has 4 aromatic carbocycles. The summed E-state index contributed by atoms with van der Waals surface area (Å²) in [6, 6.07) is 22.2. The van der Waals surface area contributed by atoms with Crippen molar-refractivity contribution in [3.8, 4) is 0 Å².